The van der Waals surface area contributed by atoms with Crippen LogP contribution >= 0.6 is 11.3 Å². The van der Waals surface area contributed by atoms with Gasteiger partial charge >= 0.3 is 0 Å². The van der Waals surface area contributed by atoms with E-state index in [1.165, 1.54) is 22.1 Å². The Bertz CT molecular complexity index is 1750. The molecule has 4 heterocycles. The second kappa shape index (κ2) is 4.48. The second-order valence-electron chi connectivity index (χ2n) is 7.00. The van der Waals surface area contributed by atoms with E-state index in [1.54, 1.807) is 0 Å². The predicted octanol–water partition coefficient (Wildman–Crippen LogP) is 5.66. The number of fused-ring (bicyclic) bond motifs is 8. The summed E-state index contributed by atoms with van der Waals surface area (Å²) in [5, 5.41) is 6.68. The van der Waals surface area contributed by atoms with E-state index in [9.17, 15) is 4.79 Å². The highest BCUT2D eigenvalue weighted by Gasteiger charge is 2.21. The van der Waals surface area contributed by atoms with Gasteiger partial charge < -0.3 is 4.40 Å². The minimum atomic E-state index is 0.0616. The molecular formula is C23H12N2OS. The van der Waals surface area contributed by atoms with Crippen LogP contribution in [0.2, 0.25) is 0 Å². The van der Waals surface area contributed by atoms with Gasteiger partial charge in [-0.05, 0) is 23.6 Å². The number of hydrogen-bond donors (Lipinski definition) is 0. The van der Waals surface area contributed by atoms with E-state index >= 15 is 0 Å². The summed E-state index contributed by atoms with van der Waals surface area (Å²) in [5.74, 6) is 0. The number of aromatic nitrogens is 2. The summed E-state index contributed by atoms with van der Waals surface area (Å²) in [5.41, 5.74) is 5.30. The Kier molecular flexibility index (Phi) is 2.29. The first-order valence-electron chi connectivity index (χ1n) is 8.92. The molecule has 0 fully saturated rings. The molecule has 0 aliphatic heterocycles. The van der Waals surface area contributed by atoms with Crippen molar-refractivity contribution < 1.29 is 0 Å². The fraction of sp³-hybridized carbons (Fsp3) is 0. The summed E-state index contributed by atoms with van der Waals surface area (Å²) in [6.45, 7) is 0. The van der Waals surface area contributed by atoms with Crippen LogP contribution in [-0.4, -0.2) is 8.80 Å². The van der Waals surface area contributed by atoms with Crippen molar-refractivity contribution in [3.63, 3.8) is 0 Å². The molecule has 4 aromatic heterocycles. The molecular weight excluding hydrogens is 352 g/mol. The largest absolute Gasteiger partial charge is 0.305 e. The summed E-state index contributed by atoms with van der Waals surface area (Å²) in [6, 6.07) is 23.1. The number of para-hydroxylation sites is 2. The van der Waals surface area contributed by atoms with Crippen molar-refractivity contribution in [3.8, 4) is 0 Å². The summed E-state index contributed by atoms with van der Waals surface area (Å²) < 4.78 is 4.99. The van der Waals surface area contributed by atoms with Crippen molar-refractivity contribution in [1.82, 2.24) is 8.80 Å². The Hall–Kier alpha value is -3.37. The summed E-state index contributed by atoms with van der Waals surface area (Å²) >= 11 is 1.52. The quantitative estimate of drug-likeness (QED) is 0.341. The number of rotatable bonds is 0. The SMILES string of the molecule is O=c1c2sccc2n2c3ccccc3c3ccc4c5ccccc5n1c4c32. The third-order valence-corrected chi connectivity index (χ3v) is 6.64. The van der Waals surface area contributed by atoms with Crippen LogP contribution in [0.1, 0.15) is 0 Å². The minimum Gasteiger partial charge on any atom is -0.305 e. The molecule has 126 valence electrons. The van der Waals surface area contributed by atoms with E-state index in [0.717, 1.165) is 43.1 Å². The molecule has 0 radical (unpaired) electrons. The van der Waals surface area contributed by atoms with Gasteiger partial charge in [0.2, 0.25) is 0 Å². The van der Waals surface area contributed by atoms with Gasteiger partial charge in [-0.3, -0.25) is 9.20 Å². The van der Waals surface area contributed by atoms with Crippen LogP contribution in [-0.2, 0) is 0 Å². The third-order valence-electron chi connectivity index (χ3n) is 5.75. The van der Waals surface area contributed by atoms with Gasteiger partial charge in [-0.15, -0.1) is 11.3 Å². The van der Waals surface area contributed by atoms with Crippen LogP contribution < -0.4 is 5.56 Å². The standard InChI is InChI=1S/C23H12N2OS/c26-23-22-19(11-12-27-22)24-17-7-3-1-5-13(17)15-9-10-16-14-6-2-4-8-18(14)25(23)21(16)20(15)24/h1-12H. The van der Waals surface area contributed by atoms with Crippen LogP contribution in [0.5, 0.6) is 0 Å². The summed E-state index contributed by atoms with van der Waals surface area (Å²) in [4.78, 5) is 13.6. The first kappa shape index (κ1) is 13.8. The smallest absolute Gasteiger partial charge is 0.275 e. The lowest BCUT2D eigenvalue weighted by molar-refractivity contribution is 1.22. The van der Waals surface area contributed by atoms with E-state index in [1.807, 2.05) is 28.0 Å². The maximum atomic E-state index is 13.6. The highest BCUT2D eigenvalue weighted by Crippen LogP contribution is 2.39. The molecule has 3 nitrogen and oxygen atoms in total. The van der Waals surface area contributed by atoms with Crippen molar-refractivity contribution in [2.24, 2.45) is 0 Å². The number of benzene rings is 3. The van der Waals surface area contributed by atoms with Gasteiger partial charge in [-0.1, -0.05) is 48.5 Å². The summed E-state index contributed by atoms with van der Waals surface area (Å²) in [6.07, 6.45) is 0. The molecule has 0 bridgehead atoms. The van der Waals surface area contributed by atoms with Gasteiger partial charge in [0.05, 0.1) is 27.6 Å². The van der Waals surface area contributed by atoms with Gasteiger partial charge in [0.25, 0.3) is 5.56 Å². The second-order valence-corrected chi connectivity index (χ2v) is 7.92. The maximum Gasteiger partial charge on any atom is 0.275 e. The molecule has 0 aliphatic rings. The van der Waals surface area contributed by atoms with E-state index < -0.39 is 0 Å². The van der Waals surface area contributed by atoms with Crippen molar-refractivity contribution in [3.05, 3.63) is 82.5 Å². The highest BCUT2D eigenvalue weighted by atomic mass is 32.1. The fourth-order valence-corrected chi connectivity index (χ4v) is 5.51. The van der Waals surface area contributed by atoms with Gasteiger partial charge in [0, 0.05) is 21.5 Å². The Balaban J connectivity index is 2.07. The van der Waals surface area contributed by atoms with Crippen molar-refractivity contribution >= 4 is 65.2 Å². The Morgan fingerprint density at radius 1 is 0.593 bits per heavy atom. The van der Waals surface area contributed by atoms with E-state index in [2.05, 4.69) is 52.9 Å². The normalized spacial score (nSPS) is 12.6. The Morgan fingerprint density at radius 3 is 1.89 bits per heavy atom. The molecule has 0 N–H and O–H groups in total. The Labute approximate surface area is 156 Å². The topological polar surface area (TPSA) is 25.9 Å². The zero-order valence-electron chi connectivity index (χ0n) is 14.1. The molecule has 0 amide bonds. The molecule has 0 saturated carbocycles. The molecule has 0 spiro atoms. The molecule has 0 saturated heterocycles. The Morgan fingerprint density at radius 2 is 1.19 bits per heavy atom. The number of thiophene rings is 1. The third kappa shape index (κ3) is 1.45. The van der Waals surface area contributed by atoms with Gasteiger partial charge in [0.15, 0.2) is 0 Å². The van der Waals surface area contributed by atoms with E-state index in [-0.39, 0.29) is 5.56 Å². The van der Waals surface area contributed by atoms with Gasteiger partial charge in [0.1, 0.15) is 4.70 Å². The lowest BCUT2D eigenvalue weighted by Gasteiger charge is -1.98. The van der Waals surface area contributed by atoms with Crippen molar-refractivity contribution in [2.75, 3.05) is 0 Å². The monoisotopic (exact) mass is 364 g/mol. The first-order valence-corrected chi connectivity index (χ1v) is 9.80. The van der Waals surface area contributed by atoms with Crippen LogP contribution in [0.15, 0.2) is 76.9 Å². The van der Waals surface area contributed by atoms with E-state index in [0.29, 0.717) is 0 Å². The molecule has 7 rings (SSSR count). The van der Waals surface area contributed by atoms with E-state index in [4.69, 9.17) is 0 Å². The highest BCUT2D eigenvalue weighted by molar-refractivity contribution is 7.17. The van der Waals surface area contributed by atoms with Crippen molar-refractivity contribution in [2.45, 2.75) is 0 Å². The van der Waals surface area contributed by atoms with Gasteiger partial charge in [-0.2, -0.15) is 0 Å². The fourth-order valence-electron chi connectivity index (χ4n) is 4.70. The molecule has 7 aromatic rings. The van der Waals surface area contributed by atoms with Crippen LogP contribution in [0.25, 0.3) is 53.8 Å². The average molecular weight is 364 g/mol. The summed E-state index contributed by atoms with van der Waals surface area (Å²) in [7, 11) is 0. The molecule has 0 aliphatic carbocycles. The number of hydrogen-bond acceptors (Lipinski definition) is 2. The minimum absolute atomic E-state index is 0.0616. The molecule has 27 heavy (non-hydrogen) atoms. The lowest BCUT2D eigenvalue weighted by Crippen LogP contribution is -2.08. The zero-order valence-corrected chi connectivity index (χ0v) is 15.0. The van der Waals surface area contributed by atoms with Crippen molar-refractivity contribution in [1.29, 1.82) is 0 Å². The van der Waals surface area contributed by atoms with Gasteiger partial charge in [-0.25, -0.2) is 0 Å². The zero-order chi connectivity index (χ0) is 17.7. The molecule has 0 unspecified atom stereocenters. The molecule has 4 heteroatoms. The predicted molar refractivity (Wildman–Crippen MR) is 114 cm³/mol. The number of nitrogens with zero attached hydrogens (tertiary/aromatic N) is 2. The lowest BCUT2D eigenvalue weighted by atomic mass is 10.1. The average Bonchev–Trinajstić information content (AvgIpc) is 3.37. The van der Waals surface area contributed by atoms with Crippen LogP contribution in [0.3, 0.4) is 0 Å². The molecule has 0 atom stereocenters. The van der Waals surface area contributed by atoms with Crippen LogP contribution in [0.4, 0.5) is 0 Å². The first-order chi connectivity index (χ1) is 13.3. The maximum absolute atomic E-state index is 13.6. The van der Waals surface area contributed by atoms with Crippen LogP contribution in [0, 0.1) is 0 Å². The molecule has 3 aromatic carbocycles.